The lowest BCUT2D eigenvalue weighted by atomic mass is 10.1. The number of hydrogen-bond acceptors (Lipinski definition) is 2. The maximum Gasteiger partial charge on any atom is 0.179 e. The van der Waals surface area contributed by atoms with Crippen molar-refractivity contribution < 1.29 is 0 Å². The van der Waals surface area contributed by atoms with E-state index in [0.29, 0.717) is 20.8 Å². The Morgan fingerprint density at radius 3 is 2.35 bits per heavy atom. The molecule has 0 radical (unpaired) electrons. The Labute approximate surface area is 150 Å². The summed E-state index contributed by atoms with van der Waals surface area (Å²) >= 11 is 17.9. The van der Waals surface area contributed by atoms with Crippen molar-refractivity contribution in [3.63, 3.8) is 0 Å². The highest BCUT2D eigenvalue weighted by molar-refractivity contribution is 6.34. The fraction of sp³-hybridized carbons (Fsp3) is 0.294. The fourth-order valence-corrected chi connectivity index (χ4v) is 3.31. The van der Waals surface area contributed by atoms with Gasteiger partial charge in [0, 0.05) is 16.5 Å². The molecule has 0 amide bonds. The van der Waals surface area contributed by atoms with Gasteiger partial charge in [-0.05, 0) is 55.2 Å². The van der Waals surface area contributed by atoms with Crippen LogP contribution >= 0.6 is 34.8 Å². The molecule has 3 rings (SSSR count). The number of aromatic amines is 1. The van der Waals surface area contributed by atoms with E-state index in [1.165, 1.54) is 5.56 Å². The number of nitrogens with one attached hydrogen (secondary N) is 1. The molecule has 2 heterocycles. The van der Waals surface area contributed by atoms with Crippen molar-refractivity contribution >= 4 is 46.0 Å². The Kier molecular flexibility index (Phi) is 5.42. The maximum absolute atomic E-state index is 6.01. The van der Waals surface area contributed by atoms with Crippen molar-refractivity contribution in [2.45, 2.75) is 32.1 Å². The molecule has 3 nitrogen and oxygen atoms in total. The van der Waals surface area contributed by atoms with Crippen molar-refractivity contribution in [1.29, 1.82) is 0 Å². The first kappa shape index (κ1) is 16.6. The molecule has 0 saturated carbocycles. The van der Waals surface area contributed by atoms with Crippen LogP contribution in [0.4, 0.5) is 0 Å². The Morgan fingerprint density at radius 2 is 1.57 bits per heavy atom. The highest BCUT2D eigenvalue weighted by Gasteiger charge is 2.05. The summed E-state index contributed by atoms with van der Waals surface area (Å²) in [6.45, 7) is 0. The summed E-state index contributed by atoms with van der Waals surface area (Å²) in [6.07, 6.45) is 5.18. The fourth-order valence-electron chi connectivity index (χ4n) is 2.59. The number of unbranched alkanes of at least 4 members (excludes halogenated alkanes) is 2. The molecule has 1 N–H and O–H groups in total. The van der Waals surface area contributed by atoms with E-state index in [0.717, 1.165) is 43.4 Å². The van der Waals surface area contributed by atoms with Crippen molar-refractivity contribution in [3.8, 4) is 0 Å². The first-order valence-electron chi connectivity index (χ1n) is 7.56. The lowest BCUT2D eigenvalue weighted by Gasteiger charge is -2.03. The number of nitrogens with zero attached hydrogens (tertiary/aromatic N) is 2. The maximum atomic E-state index is 6.01. The van der Waals surface area contributed by atoms with E-state index in [1.807, 2.05) is 18.2 Å². The molecule has 0 saturated heterocycles. The minimum atomic E-state index is 0.468. The first-order valence-corrected chi connectivity index (χ1v) is 8.70. The first-order chi connectivity index (χ1) is 11.1. The van der Waals surface area contributed by atoms with E-state index in [9.17, 15) is 0 Å². The number of benzene rings is 1. The molecule has 6 heteroatoms. The Balaban J connectivity index is 1.47. The van der Waals surface area contributed by atoms with Crippen LogP contribution in [0.3, 0.4) is 0 Å². The number of aryl methyl sites for hydroxylation is 2. The number of pyridine rings is 1. The predicted molar refractivity (Wildman–Crippen MR) is 96.6 cm³/mol. The van der Waals surface area contributed by atoms with Crippen LogP contribution in [0.5, 0.6) is 0 Å². The topological polar surface area (TPSA) is 41.6 Å². The molecule has 0 aliphatic rings. The summed E-state index contributed by atoms with van der Waals surface area (Å²) in [6, 6.07) is 9.38. The molecular weight excluding hydrogens is 353 g/mol. The van der Waals surface area contributed by atoms with Gasteiger partial charge in [-0.15, -0.1) is 0 Å². The molecule has 23 heavy (non-hydrogen) atoms. The molecule has 120 valence electrons. The second-order valence-electron chi connectivity index (χ2n) is 5.53. The summed E-state index contributed by atoms with van der Waals surface area (Å²) < 4.78 is 0. The Morgan fingerprint density at radius 1 is 0.826 bits per heavy atom. The largest absolute Gasteiger partial charge is 0.341 e. The van der Waals surface area contributed by atoms with E-state index >= 15 is 0 Å². The van der Waals surface area contributed by atoms with Gasteiger partial charge < -0.3 is 4.98 Å². The highest BCUT2D eigenvalue weighted by atomic mass is 35.5. The van der Waals surface area contributed by atoms with Crippen molar-refractivity contribution in [2.24, 2.45) is 0 Å². The third-order valence-corrected chi connectivity index (χ3v) is 4.31. The summed E-state index contributed by atoms with van der Waals surface area (Å²) in [4.78, 5) is 11.9. The van der Waals surface area contributed by atoms with Gasteiger partial charge in [0.25, 0.3) is 0 Å². The zero-order chi connectivity index (χ0) is 16.2. The second-order valence-corrected chi connectivity index (χ2v) is 6.79. The van der Waals surface area contributed by atoms with Crippen molar-refractivity contribution in [1.82, 2.24) is 15.0 Å². The minimum absolute atomic E-state index is 0.468. The van der Waals surface area contributed by atoms with Gasteiger partial charge in [0.05, 0.1) is 5.52 Å². The zero-order valence-electron chi connectivity index (χ0n) is 12.5. The molecule has 3 aromatic rings. The van der Waals surface area contributed by atoms with Crippen molar-refractivity contribution in [3.05, 3.63) is 56.9 Å². The second kappa shape index (κ2) is 7.52. The predicted octanol–water partition coefficient (Wildman–Crippen LogP) is 5.87. The Bertz CT molecular complexity index is 794. The van der Waals surface area contributed by atoms with Crippen LogP contribution in [0.1, 0.15) is 30.7 Å². The van der Waals surface area contributed by atoms with Gasteiger partial charge in [-0.25, -0.2) is 9.97 Å². The Hall–Kier alpha value is -1.29. The minimum Gasteiger partial charge on any atom is -0.341 e. The summed E-state index contributed by atoms with van der Waals surface area (Å²) in [5.41, 5.74) is 2.80. The van der Waals surface area contributed by atoms with Crippen LogP contribution in [0.15, 0.2) is 30.3 Å². The van der Waals surface area contributed by atoms with Gasteiger partial charge in [-0.2, -0.15) is 0 Å². The van der Waals surface area contributed by atoms with Crippen LogP contribution in [0.2, 0.25) is 15.2 Å². The van der Waals surface area contributed by atoms with Crippen LogP contribution in [-0.4, -0.2) is 15.0 Å². The lowest BCUT2D eigenvalue weighted by molar-refractivity contribution is 0.666. The smallest absolute Gasteiger partial charge is 0.179 e. The molecule has 0 aliphatic heterocycles. The normalized spacial score (nSPS) is 11.3. The lowest BCUT2D eigenvalue weighted by Crippen LogP contribution is -1.91. The van der Waals surface area contributed by atoms with E-state index in [4.69, 9.17) is 34.8 Å². The van der Waals surface area contributed by atoms with Crippen LogP contribution in [0, 0.1) is 0 Å². The molecule has 2 aromatic heterocycles. The van der Waals surface area contributed by atoms with Crippen LogP contribution < -0.4 is 0 Å². The average molecular weight is 369 g/mol. The van der Waals surface area contributed by atoms with Gasteiger partial charge >= 0.3 is 0 Å². The number of aromatic nitrogens is 3. The van der Waals surface area contributed by atoms with Gasteiger partial charge in [0.2, 0.25) is 0 Å². The van der Waals surface area contributed by atoms with E-state index in [1.54, 1.807) is 12.1 Å². The number of halogens is 3. The summed E-state index contributed by atoms with van der Waals surface area (Å²) in [5, 5.41) is 1.86. The molecule has 0 atom stereocenters. The van der Waals surface area contributed by atoms with E-state index in [-0.39, 0.29) is 0 Å². The molecule has 0 unspecified atom stereocenters. The standard InChI is InChI=1S/C17H16Cl3N3/c18-12-8-11(9-13(19)10-12)4-2-1-3-5-16-21-14-6-7-15(20)22-17(14)23-16/h6-10H,1-5H2,(H,21,22,23). The molecule has 1 aromatic carbocycles. The number of rotatable bonds is 6. The molecule has 0 aliphatic carbocycles. The number of fused-ring (bicyclic) bond motifs is 1. The molecule has 0 spiro atoms. The van der Waals surface area contributed by atoms with Gasteiger partial charge in [-0.3, -0.25) is 0 Å². The van der Waals surface area contributed by atoms with Gasteiger partial charge in [0.15, 0.2) is 5.65 Å². The third-order valence-electron chi connectivity index (χ3n) is 3.66. The molecule has 0 fully saturated rings. The van der Waals surface area contributed by atoms with Crippen LogP contribution in [-0.2, 0) is 12.8 Å². The number of H-pyrrole nitrogens is 1. The highest BCUT2D eigenvalue weighted by Crippen LogP contribution is 2.21. The molecule has 0 bridgehead atoms. The van der Waals surface area contributed by atoms with E-state index in [2.05, 4.69) is 15.0 Å². The number of hydrogen-bond donors (Lipinski definition) is 1. The SMILES string of the molecule is Clc1cc(Cl)cc(CCCCCc2nc3nc(Cl)ccc3[nH]2)c1. The average Bonchev–Trinajstić information content (AvgIpc) is 2.87. The van der Waals surface area contributed by atoms with Crippen molar-refractivity contribution in [2.75, 3.05) is 0 Å². The molecular formula is C17H16Cl3N3. The van der Waals surface area contributed by atoms with Crippen LogP contribution in [0.25, 0.3) is 11.2 Å². The third kappa shape index (κ3) is 4.60. The number of imidazole rings is 1. The quantitative estimate of drug-likeness (QED) is 0.436. The summed E-state index contributed by atoms with van der Waals surface area (Å²) in [7, 11) is 0. The monoisotopic (exact) mass is 367 g/mol. The zero-order valence-corrected chi connectivity index (χ0v) is 14.7. The van der Waals surface area contributed by atoms with Gasteiger partial charge in [-0.1, -0.05) is 41.2 Å². The summed E-state index contributed by atoms with van der Waals surface area (Å²) in [5.74, 6) is 0.959. The van der Waals surface area contributed by atoms with E-state index < -0.39 is 0 Å². The van der Waals surface area contributed by atoms with Gasteiger partial charge in [0.1, 0.15) is 11.0 Å².